The van der Waals surface area contributed by atoms with E-state index in [1.54, 1.807) is 17.4 Å². The molecule has 0 amide bonds. The van der Waals surface area contributed by atoms with Crippen molar-refractivity contribution in [2.75, 3.05) is 0 Å². The second-order valence-electron chi connectivity index (χ2n) is 7.33. The number of aryl methyl sites for hydroxylation is 1. The SMILES string of the molecule is Cc1cc(C(=O)Cn2cnc3c(oc4ccccc43)c2=O)c(C)n1Cc1cccs1. The van der Waals surface area contributed by atoms with Crippen molar-refractivity contribution in [2.24, 2.45) is 0 Å². The number of Topliss-reactive ketones (excluding diaryl/α,β-unsaturated/α-hetero) is 1. The van der Waals surface area contributed by atoms with Gasteiger partial charge < -0.3 is 8.98 Å². The van der Waals surface area contributed by atoms with E-state index in [-0.39, 0.29) is 23.5 Å². The summed E-state index contributed by atoms with van der Waals surface area (Å²) in [6.07, 6.45) is 1.43. The molecule has 0 spiro atoms. The summed E-state index contributed by atoms with van der Waals surface area (Å²) >= 11 is 1.69. The molecule has 5 rings (SSSR count). The molecule has 0 bridgehead atoms. The highest BCUT2D eigenvalue weighted by Crippen LogP contribution is 2.24. The lowest BCUT2D eigenvalue weighted by Gasteiger charge is -2.08. The number of fused-ring (bicyclic) bond motifs is 3. The number of carbonyl (C=O) groups excluding carboxylic acids is 1. The first-order valence-electron chi connectivity index (χ1n) is 9.62. The van der Waals surface area contributed by atoms with Gasteiger partial charge in [0.05, 0.1) is 19.4 Å². The van der Waals surface area contributed by atoms with Crippen molar-refractivity contribution in [3.8, 4) is 0 Å². The number of para-hydroxylation sites is 1. The van der Waals surface area contributed by atoms with E-state index in [0.29, 0.717) is 16.7 Å². The van der Waals surface area contributed by atoms with Gasteiger partial charge in [-0.2, -0.15) is 0 Å². The van der Waals surface area contributed by atoms with Crippen LogP contribution in [0.5, 0.6) is 0 Å². The van der Waals surface area contributed by atoms with Gasteiger partial charge in [0, 0.05) is 27.2 Å². The van der Waals surface area contributed by atoms with Crippen LogP contribution in [0.3, 0.4) is 0 Å². The zero-order chi connectivity index (χ0) is 20.8. The lowest BCUT2D eigenvalue weighted by Crippen LogP contribution is -2.24. The molecule has 6 nitrogen and oxygen atoms in total. The zero-order valence-corrected chi connectivity index (χ0v) is 17.4. The summed E-state index contributed by atoms with van der Waals surface area (Å²) in [4.78, 5) is 31.6. The molecule has 0 aliphatic rings. The molecule has 4 aromatic heterocycles. The Hall–Kier alpha value is -3.45. The molecule has 30 heavy (non-hydrogen) atoms. The van der Waals surface area contributed by atoms with Crippen molar-refractivity contribution in [1.82, 2.24) is 14.1 Å². The maximum absolute atomic E-state index is 13.0. The number of aromatic nitrogens is 3. The molecule has 0 atom stereocenters. The highest BCUT2D eigenvalue weighted by molar-refractivity contribution is 7.09. The van der Waals surface area contributed by atoms with Crippen LogP contribution in [0.2, 0.25) is 0 Å². The van der Waals surface area contributed by atoms with Crippen molar-refractivity contribution >= 4 is 39.2 Å². The second-order valence-corrected chi connectivity index (χ2v) is 8.36. The van der Waals surface area contributed by atoms with Gasteiger partial charge in [0.2, 0.25) is 5.58 Å². The Kier molecular flexibility index (Phi) is 4.40. The molecule has 0 aliphatic heterocycles. The maximum atomic E-state index is 13.0. The van der Waals surface area contributed by atoms with E-state index >= 15 is 0 Å². The molecule has 5 aromatic rings. The monoisotopic (exact) mass is 417 g/mol. The normalized spacial score (nSPS) is 11.5. The van der Waals surface area contributed by atoms with Gasteiger partial charge in [-0.25, -0.2) is 4.98 Å². The van der Waals surface area contributed by atoms with Crippen molar-refractivity contribution in [2.45, 2.75) is 26.9 Å². The van der Waals surface area contributed by atoms with E-state index in [1.165, 1.54) is 15.8 Å². The largest absolute Gasteiger partial charge is 0.448 e. The summed E-state index contributed by atoms with van der Waals surface area (Å²) < 4.78 is 9.15. The number of furan rings is 1. The predicted octanol–water partition coefficient (Wildman–Crippen LogP) is 4.55. The zero-order valence-electron chi connectivity index (χ0n) is 16.6. The van der Waals surface area contributed by atoms with Gasteiger partial charge in [-0.15, -0.1) is 11.3 Å². The Bertz CT molecular complexity index is 1450. The number of ketones is 1. The Morgan fingerprint density at radius 2 is 2.00 bits per heavy atom. The first-order chi connectivity index (χ1) is 14.5. The van der Waals surface area contributed by atoms with Crippen molar-refractivity contribution in [3.05, 3.63) is 86.4 Å². The van der Waals surface area contributed by atoms with Gasteiger partial charge in [0.25, 0.3) is 5.56 Å². The smallest absolute Gasteiger partial charge is 0.297 e. The maximum Gasteiger partial charge on any atom is 0.297 e. The summed E-state index contributed by atoms with van der Waals surface area (Å²) in [6.45, 7) is 4.58. The number of carbonyl (C=O) groups is 1. The van der Waals surface area contributed by atoms with E-state index in [0.717, 1.165) is 23.3 Å². The van der Waals surface area contributed by atoms with Gasteiger partial charge in [0.15, 0.2) is 5.78 Å². The van der Waals surface area contributed by atoms with Crippen molar-refractivity contribution in [3.63, 3.8) is 0 Å². The molecule has 150 valence electrons. The molecule has 0 unspecified atom stereocenters. The highest BCUT2D eigenvalue weighted by atomic mass is 32.1. The van der Waals surface area contributed by atoms with Crippen LogP contribution in [0.4, 0.5) is 0 Å². The van der Waals surface area contributed by atoms with E-state index < -0.39 is 0 Å². The topological polar surface area (TPSA) is 70.0 Å². The number of benzene rings is 1. The van der Waals surface area contributed by atoms with Gasteiger partial charge >= 0.3 is 0 Å². The van der Waals surface area contributed by atoms with Crippen LogP contribution < -0.4 is 5.56 Å². The van der Waals surface area contributed by atoms with Crippen LogP contribution in [-0.4, -0.2) is 19.9 Å². The predicted molar refractivity (Wildman–Crippen MR) is 117 cm³/mol. The highest BCUT2D eigenvalue weighted by Gasteiger charge is 2.19. The third kappa shape index (κ3) is 2.98. The lowest BCUT2D eigenvalue weighted by atomic mass is 10.1. The summed E-state index contributed by atoms with van der Waals surface area (Å²) in [6, 6.07) is 13.4. The Morgan fingerprint density at radius 3 is 2.80 bits per heavy atom. The summed E-state index contributed by atoms with van der Waals surface area (Å²) in [5.41, 5.74) is 3.50. The average Bonchev–Trinajstić information content (AvgIpc) is 3.45. The number of hydrogen-bond donors (Lipinski definition) is 0. The molecule has 0 radical (unpaired) electrons. The van der Waals surface area contributed by atoms with E-state index in [1.807, 2.05) is 49.6 Å². The average molecular weight is 417 g/mol. The Labute approximate surface area is 176 Å². The molecule has 0 saturated carbocycles. The lowest BCUT2D eigenvalue weighted by molar-refractivity contribution is 0.0970. The minimum atomic E-state index is -0.350. The molecule has 0 aliphatic carbocycles. The summed E-state index contributed by atoms with van der Waals surface area (Å²) in [5, 5.41) is 2.84. The van der Waals surface area contributed by atoms with Crippen LogP contribution in [0.1, 0.15) is 26.6 Å². The third-order valence-electron chi connectivity index (χ3n) is 5.43. The minimum Gasteiger partial charge on any atom is -0.448 e. The van der Waals surface area contributed by atoms with E-state index in [2.05, 4.69) is 15.6 Å². The quantitative estimate of drug-likeness (QED) is 0.393. The van der Waals surface area contributed by atoms with Gasteiger partial charge in [0.1, 0.15) is 11.1 Å². The summed E-state index contributed by atoms with van der Waals surface area (Å²) in [7, 11) is 0. The fourth-order valence-electron chi connectivity index (χ4n) is 3.85. The van der Waals surface area contributed by atoms with Crippen LogP contribution in [0, 0.1) is 13.8 Å². The Balaban J connectivity index is 1.48. The third-order valence-corrected chi connectivity index (χ3v) is 6.29. The van der Waals surface area contributed by atoms with Crippen LogP contribution >= 0.6 is 11.3 Å². The molecule has 1 aromatic carbocycles. The molecular formula is C23H19N3O3S. The molecule has 4 heterocycles. The van der Waals surface area contributed by atoms with E-state index in [4.69, 9.17) is 4.42 Å². The van der Waals surface area contributed by atoms with Crippen molar-refractivity contribution < 1.29 is 9.21 Å². The number of rotatable bonds is 5. The molecule has 7 heteroatoms. The van der Waals surface area contributed by atoms with Gasteiger partial charge in [-0.05, 0) is 43.5 Å². The Morgan fingerprint density at radius 1 is 1.17 bits per heavy atom. The van der Waals surface area contributed by atoms with Crippen LogP contribution in [0.25, 0.3) is 22.1 Å². The number of hydrogen-bond acceptors (Lipinski definition) is 5. The molecule has 0 N–H and O–H groups in total. The summed E-state index contributed by atoms with van der Waals surface area (Å²) in [5.74, 6) is -0.125. The fourth-order valence-corrected chi connectivity index (χ4v) is 4.55. The van der Waals surface area contributed by atoms with Gasteiger partial charge in [-0.3, -0.25) is 14.2 Å². The molecular weight excluding hydrogens is 398 g/mol. The minimum absolute atomic E-state index is 0.0812. The number of nitrogens with zero attached hydrogens (tertiary/aromatic N) is 3. The second kappa shape index (κ2) is 7.11. The number of thiophene rings is 1. The first kappa shape index (κ1) is 18.6. The standard InChI is InChI=1S/C23H19N3O3S/c1-14-10-18(15(2)26(14)11-16-6-5-9-30-16)19(27)12-25-13-24-21-17-7-3-4-8-20(17)29-22(21)23(25)28/h3-10,13H,11-12H2,1-2H3. The van der Waals surface area contributed by atoms with E-state index in [9.17, 15) is 9.59 Å². The van der Waals surface area contributed by atoms with Crippen molar-refractivity contribution in [1.29, 1.82) is 0 Å². The fraction of sp³-hybridized carbons (Fsp3) is 0.174. The molecule has 0 saturated heterocycles. The van der Waals surface area contributed by atoms with Crippen LogP contribution in [0.15, 0.2) is 63.4 Å². The molecule has 0 fully saturated rings. The van der Waals surface area contributed by atoms with Crippen LogP contribution in [-0.2, 0) is 13.1 Å². The first-order valence-corrected chi connectivity index (χ1v) is 10.5. The van der Waals surface area contributed by atoms with Gasteiger partial charge in [-0.1, -0.05) is 18.2 Å².